The molecule has 1 amide bonds. The second-order valence-corrected chi connectivity index (χ2v) is 7.40. The number of thioether (sulfide) groups is 1. The lowest BCUT2D eigenvalue weighted by Crippen LogP contribution is -2.15. The molecule has 0 bridgehead atoms. The number of carbonyl (C=O) groups excluding carboxylic acids is 1. The summed E-state index contributed by atoms with van der Waals surface area (Å²) < 4.78 is 12.6. The highest BCUT2D eigenvalue weighted by Gasteiger charge is 2.16. The van der Waals surface area contributed by atoms with Crippen LogP contribution in [-0.2, 0) is 11.2 Å². The number of hydrogen-bond donors (Lipinski definition) is 1. The third kappa shape index (κ3) is 3.76. The number of aromatic nitrogens is 4. The van der Waals surface area contributed by atoms with Crippen LogP contribution >= 0.6 is 11.8 Å². The molecule has 4 aromatic rings. The van der Waals surface area contributed by atoms with Crippen LogP contribution in [0.1, 0.15) is 12.7 Å². The number of amides is 1. The van der Waals surface area contributed by atoms with E-state index in [9.17, 15) is 4.79 Å². The van der Waals surface area contributed by atoms with Crippen molar-refractivity contribution in [2.45, 2.75) is 18.4 Å². The molecule has 4 rings (SSSR count). The predicted octanol–water partition coefficient (Wildman–Crippen LogP) is 3.59. The van der Waals surface area contributed by atoms with Gasteiger partial charge in [-0.15, -0.1) is 10.2 Å². The van der Waals surface area contributed by atoms with Gasteiger partial charge in [0, 0.05) is 12.5 Å². The van der Waals surface area contributed by atoms with Gasteiger partial charge in [0.2, 0.25) is 5.91 Å². The van der Waals surface area contributed by atoms with E-state index in [2.05, 4.69) is 15.5 Å². The van der Waals surface area contributed by atoms with Gasteiger partial charge in [-0.3, -0.25) is 9.20 Å². The predicted molar refractivity (Wildman–Crippen MR) is 117 cm³/mol. The van der Waals surface area contributed by atoms with Crippen molar-refractivity contribution in [1.82, 2.24) is 19.6 Å². The normalized spacial score (nSPS) is 11.0. The molecule has 0 unspecified atom stereocenters. The molecule has 0 aliphatic rings. The number of rotatable bonds is 7. The molecule has 30 heavy (non-hydrogen) atoms. The van der Waals surface area contributed by atoms with Gasteiger partial charge in [-0.1, -0.05) is 30.8 Å². The molecule has 0 fully saturated rings. The molecular weight excluding hydrogens is 402 g/mol. The zero-order valence-electron chi connectivity index (χ0n) is 16.9. The van der Waals surface area contributed by atoms with Crippen molar-refractivity contribution in [3.63, 3.8) is 0 Å². The minimum Gasteiger partial charge on any atom is -0.497 e. The lowest BCUT2D eigenvalue weighted by Gasteiger charge is -2.12. The molecule has 0 atom stereocenters. The Hall–Kier alpha value is -3.33. The summed E-state index contributed by atoms with van der Waals surface area (Å²) in [6.45, 7) is 2.04. The van der Waals surface area contributed by atoms with E-state index in [0.29, 0.717) is 27.9 Å². The zero-order chi connectivity index (χ0) is 21.1. The summed E-state index contributed by atoms with van der Waals surface area (Å²) in [7, 11) is 3.13. The van der Waals surface area contributed by atoms with E-state index in [0.717, 1.165) is 23.3 Å². The summed E-state index contributed by atoms with van der Waals surface area (Å²) in [6, 6.07) is 13.1. The van der Waals surface area contributed by atoms with Gasteiger partial charge in [-0.25, -0.2) is 4.98 Å². The molecule has 2 aromatic carbocycles. The molecular formula is C21H21N5O3S. The molecule has 0 saturated heterocycles. The highest BCUT2D eigenvalue weighted by Crippen LogP contribution is 2.30. The van der Waals surface area contributed by atoms with Gasteiger partial charge < -0.3 is 14.8 Å². The Balaban J connectivity index is 1.59. The third-order valence-electron chi connectivity index (χ3n) is 4.60. The van der Waals surface area contributed by atoms with Crippen molar-refractivity contribution < 1.29 is 14.3 Å². The first-order chi connectivity index (χ1) is 14.6. The first-order valence-electron chi connectivity index (χ1n) is 9.42. The number of fused-ring (bicyclic) bond motifs is 3. The van der Waals surface area contributed by atoms with Gasteiger partial charge in [-0.2, -0.15) is 0 Å². The van der Waals surface area contributed by atoms with Crippen LogP contribution in [0, 0.1) is 0 Å². The highest BCUT2D eigenvalue weighted by molar-refractivity contribution is 8.00. The van der Waals surface area contributed by atoms with E-state index < -0.39 is 0 Å². The molecule has 154 valence electrons. The van der Waals surface area contributed by atoms with Crippen LogP contribution in [0.4, 0.5) is 5.69 Å². The molecule has 8 nitrogen and oxygen atoms in total. The molecule has 0 aliphatic heterocycles. The number of nitrogens with zero attached hydrogens (tertiary/aromatic N) is 4. The van der Waals surface area contributed by atoms with Crippen molar-refractivity contribution in [1.29, 1.82) is 0 Å². The summed E-state index contributed by atoms with van der Waals surface area (Å²) in [5.74, 6) is 2.03. The van der Waals surface area contributed by atoms with Crippen molar-refractivity contribution in [2.24, 2.45) is 0 Å². The average molecular weight is 423 g/mol. The summed E-state index contributed by atoms with van der Waals surface area (Å²) in [5.41, 5.74) is 2.98. The molecule has 1 N–H and O–H groups in total. The van der Waals surface area contributed by atoms with Crippen LogP contribution in [0.5, 0.6) is 11.5 Å². The number of ether oxygens (including phenoxy) is 2. The van der Waals surface area contributed by atoms with Crippen LogP contribution in [0.2, 0.25) is 0 Å². The van der Waals surface area contributed by atoms with Gasteiger partial charge in [0.1, 0.15) is 22.3 Å². The molecule has 0 saturated carbocycles. The number of methoxy groups -OCH3 is 2. The van der Waals surface area contributed by atoms with Crippen LogP contribution in [0.3, 0.4) is 0 Å². The number of para-hydroxylation sites is 2. The number of aryl methyl sites for hydroxylation is 1. The quantitative estimate of drug-likeness (QED) is 0.454. The van der Waals surface area contributed by atoms with E-state index in [1.807, 2.05) is 35.6 Å². The third-order valence-corrected chi connectivity index (χ3v) is 5.56. The summed E-state index contributed by atoms with van der Waals surface area (Å²) in [4.78, 5) is 17.3. The Morgan fingerprint density at radius 1 is 1.13 bits per heavy atom. The van der Waals surface area contributed by atoms with Crippen molar-refractivity contribution in [2.75, 3.05) is 25.3 Å². The van der Waals surface area contributed by atoms with E-state index in [-0.39, 0.29) is 11.7 Å². The molecule has 9 heteroatoms. The topological polar surface area (TPSA) is 90.6 Å². The number of anilines is 1. The van der Waals surface area contributed by atoms with E-state index in [4.69, 9.17) is 14.5 Å². The first-order valence-corrected chi connectivity index (χ1v) is 10.4. The molecule has 2 heterocycles. The average Bonchev–Trinajstić information content (AvgIpc) is 3.22. The number of benzene rings is 2. The van der Waals surface area contributed by atoms with Crippen LogP contribution in [0.25, 0.3) is 16.7 Å². The Bertz CT molecular complexity index is 1220. The molecule has 0 aliphatic carbocycles. The van der Waals surface area contributed by atoms with Gasteiger partial charge >= 0.3 is 0 Å². The number of hydrogen-bond acceptors (Lipinski definition) is 7. The standard InChI is InChI=1S/C21H21N5O3S/c1-4-18-24-25-20-21(23-14-7-5-6-8-16(14)26(18)20)30-12-19(27)22-15-11-13(28-2)9-10-17(15)29-3/h5-11H,4,12H2,1-3H3,(H,22,27). The largest absolute Gasteiger partial charge is 0.497 e. The summed E-state index contributed by atoms with van der Waals surface area (Å²) in [6.07, 6.45) is 0.745. The zero-order valence-corrected chi connectivity index (χ0v) is 17.7. The minimum absolute atomic E-state index is 0.162. The fraction of sp³-hybridized carbons (Fsp3) is 0.238. The second-order valence-electron chi connectivity index (χ2n) is 6.44. The lowest BCUT2D eigenvalue weighted by molar-refractivity contribution is -0.113. The van der Waals surface area contributed by atoms with Crippen molar-refractivity contribution in [3.05, 3.63) is 48.3 Å². The maximum atomic E-state index is 12.6. The minimum atomic E-state index is -0.185. The fourth-order valence-electron chi connectivity index (χ4n) is 3.17. The lowest BCUT2D eigenvalue weighted by atomic mass is 10.2. The highest BCUT2D eigenvalue weighted by atomic mass is 32.2. The summed E-state index contributed by atoms with van der Waals surface area (Å²) in [5, 5.41) is 12.1. The maximum absolute atomic E-state index is 12.6. The first kappa shape index (κ1) is 20.0. The molecule has 0 radical (unpaired) electrons. The smallest absolute Gasteiger partial charge is 0.234 e. The monoisotopic (exact) mass is 423 g/mol. The SMILES string of the molecule is CCc1nnc2c(SCC(=O)Nc3cc(OC)ccc3OC)nc3ccccc3n12. The Morgan fingerprint density at radius 3 is 2.73 bits per heavy atom. The van der Waals surface area contributed by atoms with Gasteiger partial charge in [-0.05, 0) is 24.3 Å². The van der Waals surface area contributed by atoms with Gasteiger partial charge in [0.15, 0.2) is 5.65 Å². The number of carbonyl (C=O) groups is 1. The molecule has 0 spiro atoms. The van der Waals surface area contributed by atoms with Crippen LogP contribution in [-0.4, -0.2) is 45.5 Å². The van der Waals surface area contributed by atoms with Gasteiger partial charge in [0.25, 0.3) is 0 Å². The van der Waals surface area contributed by atoms with Crippen molar-refractivity contribution >= 4 is 40.0 Å². The Kier molecular flexibility index (Phi) is 5.71. The van der Waals surface area contributed by atoms with E-state index >= 15 is 0 Å². The number of nitrogens with one attached hydrogen (secondary N) is 1. The van der Waals surface area contributed by atoms with Crippen LogP contribution < -0.4 is 14.8 Å². The van der Waals surface area contributed by atoms with Gasteiger partial charge in [0.05, 0.1) is 36.7 Å². The summed E-state index contributed by atoms with van der Waals surface area (Å²) >= 11 is 1.32. The van der Waals surface area contributed by atoms with Crippen molar-refractivity contribution in [3.8, 4) is 11.5 Å². The maximum Gasteiger partial charge on any atom is 0.234 e. The van der Waals surface area contributed by atoms with E-state index in [1.165, 1.54) is 11.8 Å². The molecule has 2 aromatic heterocycles. The Labute approximate surface area is 177 Å². The Morgan fingerprint density at radius 2 is 1.97 bits per heavy atom. The second kappa shape index (κ2) is 8.58. The van der Waals surface area contributed by atoms with E-state index in [1.54, 1.807) is 32.4 Å². The van der Waals surface area contributed by atoms with Crippen LogP contribution in [0.15, 0.2) is 47.5 Å². The fourth-order valence-corrected chi connectivity index (χ4v) is 3.94.